The number of carbonyl (C=O) groups excluding carboxylic acids is 1. The third kappa shape index (κ3) is 2.87. The monoisotopic (exact) mass is 270 g/mol. The van der Waals surface area contributed by atoms with E-state index in [1.165, 1.54) is 21.0 Å². The van der Waals surface area contributed by atoms with Gasteiger partial charge in [-0.25, -0.2) is 4.39 Å². The Morgan fingerprint density at radius 2 is 2.11 bits per heavy atom. The van der Waals surface area contributed by atoms with E-state index in [0.717, 1.165) is 18.2 Å². The lowest BCUT2D eigenvalue weighted by molar-refractivity contribution is -0.385. The van der Waals surface area contributed by atoms with E-state index in [0.29, 0.717) is 0 Å². The Bertz CT molecular complexity index is 516. The van der Waals surface area contributed by atoms with Gasteiger partial charge in [0.05, 0.1) is 17.4 Å². The van der Waals surface area contributed by atoms with Crippen molar-refractivity contribution >= 4 is 11.7 Å². The van der Waals surface area contributed by atoms with Gasteiger partial charge in [-0.3, -0.25) is 14.9 Å². The highest BCUT2D eigenvalue weighted by Gasteiger charge is 2.38. The van der Waals surface area contributed by atoms with E-state index in [1.807, 2.05) is 0 Å². The van der Waals surface area contributed by atoms with Crippen LogP contribution in [-0.4, -0.2) is 18.0 Å². The van der Waals surface area contributed by atoms with Crippen LogP contribution < -0.4 is 5.73 Å². The Kier molecular flexibility index (Phi) is 4.21. The van der Waals surface area contributed by atoms with Crippen molar-refractivity contribution in [2.75, 3.05) is 7.11 Å². The number of rotatable bonds is 4. The number of esters is 1. The third-order valence-electron chi connectivity index (χ3n) is 3.01. The number of nitrogens with two attached hydrogens (primary N) is 1. The summed E-state index contributed by atoms with van der Waals surface area (Å²) in [6.07, 6.45) is 0. The van der Waals surface area contributed by atoms with Crippen LogP contribution in [-0.2, 0) is 9.53 Å². The third-order valence-corrected chi connectivity index (χ3v) is 3.01. The summed E-state index contributed by atoms with van der Waals surface area (Å²) in [4.78, 5) is 21.6. The van der Waals surface area contributed by atoms with Crippen molar-refractivity contribution < 1.29 is 18.8 Å². The number of methoxy groups -OCH3 is 1. The number of hydrogen-bond acceptors (Lipinski definition) is 5. The summed E-state index contributed by atoms with van der Waals surface area (Å²) in [6.45, 7) is 2.98. The molecule has 1 aromatic carbocycles. The van der Waals surface area contributed by atoms with Gasteiger partial charge < -0.3 is 10.5 Å². The number of non-ortho nitro benzene ring substituents is 1. The van der Waals surface area contributed by atoms with Crippen molar-refractivity contribution in [2.24, 2.45) is 11.1 Å². The molecule has 0 aromatic heterocycles. The maximum absolute atomic E-state index is 13.7. The van der Waals surface area contributed by atoms with Crippen molar-refractivity contribution in [3.63, 3.8) is 0 Å². The van der Waals surface area contributed by atoms with E-state index in [4.69, 9.17) is 5.73 Å². The maximum atomic E-state index is 13.7. The lowest BCUT2D eigenvalue weighted by Gasteiger charge is -2.28. The van der Waals surface area contributed by atoms with E-state index in [1.54, 1.807) is 0 Å². The first-order valence-corrected chi connectivity index (χ1v) is 5.49. The molecule has 19 heavy (non-hydrogen) atoms. The largest absolute Gasteiger partial charge is 0.469 e. The number of hydrogen-bond donors (Lipinski definition) is 1. The summed E-state index contributed by atoms with van der Waals surface area (Å²) in [6, 6.07) is 1.97. The summed E-state index contributed by atoms with van der Waals surface area (Å²) >= 11 is 0. The minimum atomic E-state index is -1.20. The van der Waals surface area contributed by atoms with Gasteiger partial charge in [-0.1, -0.05) is 0 Å². The predicted molar refractivity (Wildman–Crippen MR) is 65.8 cm³/mol. The minimum absolute atomic E-state index is 0.0930. The molecule has 0 aliphatic carbocycles. The Morgan fingerprint density at radius 3 is 2.58 bits per heavy atom. The molecule has 0 spiro atoms. The molecule has 0 fully saturated rings. The topological polar surface area (TPSA) is 95.5 Å². The van der Waals surface area contributed by atoms with Crippen molar-refractivity contribution in [3.05, 3.63) is 39.7 Å². The maximum Gasteiger partial charge on any atom is 0.313 e. The standard InChI is InChI=1S/C12H15FN2O4/c1-12(2,11(16)19-3)10(14)8-6-7(15(17)18)4-5-9(8)13/h4-6,10H,14H2,1-3H3/t10-/m1/s1. The summed E-state index contributed by atoms with van der Waals surface area (Å²) in [5.74, 6) is -1.32. The van der Waals surface area contributed by atoms with Gasteiger partial charge in [-0.2, -0.15) is 0 Å². The minimum Gasteiger partial charge on any atom is -0.469 e. The number of benzene rings is 1. The van der Waals surface area contributed by atoms with Gasteiger partial charge in [0.15, 0.2) is 0 Å². The number of ether oxygens (including phenoxy) is 1. The van der Waals surface area contributed by atoms with Crippen LogP contribution in [0.3, 0.4) is 0 Å². The van der Waals surface area contributed by atoms with E-state index in [2.05, 4.69) is 4.74 Å². The van der Waals surface area contributed by atoms with E-state index >= 15 is 0 Å². The van der Waals surface area contributed by atoms with E-state index in [-0.39, 0.29) is 11.3 Å². The highest BCUT2D eigenvalue weighted by atomic mass is 19.1. The fourth-order valence-corrected chi connectivity index (χ4v) is 1.66. The van der Waals surface area contributed by atoms with Crippen LogP contribution in [0.15, 0.2) is 18.2 Å². The molecule has 2 N–H and O–H groups in total. The molecule has 104 valence electrons. The van der Waals surface area contributed by atoms with Crippen LogP contribution in [0.25, 0.3) is 0 Å². The summed E-state index contributed by atoms with van der Waals surface area (Å²) in [5, 5.41) is 10.7. The normalized spacial score (nSPS) is 12.9. The second-order valence-electron chi connectivity index (χ2n) is 4.65. The Hall–Kier alpha value is -2.02. The average molecular weight is 270 g/mol. The molecular weight excluding hydrogens is 255 g/mol. The molecule has 0 heterocycles. The number of nitro groups is 1. The molecule has 0 aliphatic rings. The summed E-state index contributed by atoms with van der Waals surface area (Å²) < 4.78 is 18.3. The zero-order valence-corrected chi connectivity index (χ0v) is 10.8. The predicted octanol–water partition coefficient (Wildman–Crippen LogP) is 1.93. The fraction of sp³-hybridized carbons (Fsp3) is 0.417. The smallest absolute Gasteiger partial charge is 0.313 e. The first-order valence-electron chi connectivity index (χ1n) is 5.49. The molecule has 0 radical (unpaired) electrons. The Morgan fingerprint density at radius 1 is 1.53 bits per heavy atom. The number of nitrogens with zero attached hydrogens (tertiary/aromatic N) is 1. The molecule has 6 nitrogen and oxygen atoms in total. The molecular formula is C12H15FN2O4. The van der Waals surface area contributed by atoms with Gasteiger partial charge in [-0.05, 0) is 19.9 Å². The van der Waals surface area contributed by atoms with Gasteiger partial charge >= 0.3 is 5.97 Å². The lowest BCUT2D eigenvalue weighted by atomic mass is 9.80. The molecule has 0 unspecified atom stereocenters. The van der Waals surface area contributed by atoms with Crippen molar-refractivity contribution in [1.82, 2.24) is 0 Å². The molecule has 0 aliphatic heterocycles. The van der Waals surface area contributed by atoms with Gasteiger partial charge in [0.25, 0.3) is 5.69 Å². The lowest BCUT2D eigenvalue weighted by Crippen LogP contribution is -2.37. The van der Waals surface area contributed by atoms with Crippen LogP contribution in [0.2, 0.25) is 0 Å². The average Bonchev–Trinajstić information content (AvgIpc) is 2.36. The number of nitro benzene ring substituents is 1. The molecule has 1 atom stereocenters. The first kappa shape index (κ1) is 15.0. The van der Waals surface area contributed by atoms with Gasteiger partial charge in [0, 0.05) is 23.7 Å². The molecule has 0 saturated heterocycles. The van der Waals surface area contributed by atoms with E-state index in [9.17, 15) is 19.3 Å². The van der Waals surface area contributed by atoms with Gasteiger partial charge in [0.2, 0.25) is 0 Å². The Labute approximate surface area is 109 Å². The molecule has 0 amide bonds. The van der Waals surface area contributed by atoms with Gasteiger partial charge in [0.1, 0.15) is 5.82 Å². The van der Waals surface area contributed by atoms with Crippen LogP contribution >= 0.6 is 0 Å². The molecule has 1 aromatic rings. The molecule has 0 saturated carbocycles. The Balaban J connectivity index is 3.25. The van der Waals surface area contributed by atoms with Crippen molar-refractivity contribution in [1.29, 1.82) is 0 Å². The van der Waals surface area contributed by atoms with Crippen LogP contribution in [0.1, 0.15) is 25.5 Å². The zero-order valence-electron chi connectivity index (χ0n) is 10.8. The molecule has 7 heteroatoms. The highest BCUT2D eigenvalue weighted by Crippen LogP contribution is 2.35. The highest BCUT2D eigenvalue weighted by molar-refractivity contribution is 5.77. The second-order valence-corrected chi connectivity index (χ2v) is 4.65. The van der Waals surface area contributed by atoms with Crippen LogP contribution in [0.5, 0.6) is 0 Å². The molecule has 1 rings (SSSR count). The van der Waals surface area contributed by atoms with Crippen molar-refractivity contribution in [3.8, 4) is 0 Å². The summed E-state index contributed by atoms with van der Waals surface area (Å²) in [5.41, 5.74) is 4.27. The second kappa shape index (κ2) is 5.31. The van der Waals surface area contributed by atoms with Crippen LogP contribution in [0, 0.1) is 21.3 Å². The molecule has 0 bridgehead atoms. The first-order chi connectivity index (χ1) is 8.71. The SMILES string of the molecule is COC(=O)C(C)(C)[C@H](N)c1cc([N+](=O)[O-])ccc1F. The van der Waals surface area contributed by atoms with Gasteiger partial charge in [-0.15, -0.1) is 0 Å². The number of halogens is 1. The van der Waals surface area contributed by atoms with Crippen LogP contribution in [0.4, 0.5) is 10.1 Å². The quantitative estimate of drug-likeness (QED) is 0.512. The fourth-order valence-electron chi connectivity index (χ4n) is 1.66. The zero-order chi connectivity index (χ0) is 14.8. The van der Waals surface area contributed by atoms with E-state index < -0.39 is 28.2 Å². The number of carbonyl (C=O) groups is 1. The summed E-state index contributed by atoms with van der Waals surface area (Å²) in [7, 11) is 1.20. The van der Waals surface area contributed by atoms with Crippen molar-refractivity contribution in [2.45, 2.75) is 19.9 Å².